The molecule has 0 fully saturated rings. The minimum atomic E-state index is -0.331. The van der Waals surface area contributed by atoms with Crippen molar-refractivity contribution in [1.29, 1.82) is 0 Å². The van der Waals surface area contributed by atoms with Crippen LogP contribution in [0.5, 0.6) is 5.75 Å². The molecule has 0 aliphatic rings. The Hall–Kier alpha value is -0.900. The number of alkyl halides is 1. The second kappa shape index (κ2) is 6.56. The van der Waals surface area contributed by atoms with Gasteiger partial charge in [-0.25, -0.2) is 0 Å². The number of carbonyl (C=O) groups is 1. The van der Waals surface area contributed by atoms with Crippen LogP contribution in [0.25, 0.3) is 0 Å². The van der Waals surface area contributed by atoms with Crippen LogP contribution in [-0.4, -0.2) is 19.6 Å². The Bertz CT molecular complexity index is 328. The van der Waals surface area contributed by atoms with Crippen LogP contribution in [0.1, 0.15) is 23.2 Å². The van der Waals surface area contributed by atoms with Gasteiger partial charge in [0.25, 0.3) is 0 Å². The predicted octanol–water partition coefficient (Wildman–Crippen LogP) is 3.39. The van der Waals surface area contributed by atoms with Crippen molar-refractivity contribution in [1.82, 2.24) is 0 Å². The maximum Gasteiger partial charge on any atom is 0.153 e. The van der Waals surface area contributed by atoms with Crippen LogP contribution in [0.4, 0.5) is 4.39 Å². The van der Waals surface area contributed by atoms with Gasteiger partial charge in [0.2, 0.25) is 0 Å². The van der Waals surface area contributed by atoms with Gasteiger partial charge in [-0.05, 0) is 31.0 Å². The molecule has 0 aromatic heterocycles. The number of hydrogen-bond acceptors (Lipinski definition) is 2. The molecule has 0 radical (unpaired) electrons. The Morgan fingerprint density at radius 1 is 1.40 bits per heavy atom. The van der Waals surface area contributed by atoms with Gasteiger partial charge in [-0.2, -0.15) is 0 Å². The molecule has 0 aliphatic heterocycles. The van der Waals surface area contributed by atoms with Crippen LogP contribution in [-0.2, 0) is 0 Å². The van der Waals surface area contributed by atoms with Crippen molar-refractivity contribution in [2.75, 3.05) is 13.3 Å². The van der Waals surface area contributed by atoms with Gasteiger partial charge in [0.05, 0.1) is 18.8 Å². The van der Waals surface area contributed by atoms with Gasteiger partial charge < -0.3 is 4.74 Å². The number of unbranched alkanes of at least 4 members (excludes halogenated alkanes) is 1. The van der Waals surface area contributed by atoms with E-state index in [1.54, 1.807) is 18.2 Å². The monoisotopic (exact) mass is 274 g/mol. The van der Waals surface area contributed by atoms with E-state index in [0.717, 1.165) is 10.8 Å². The average Bonchev–Trinajstić information content (AvgIpc) is 2.25. The Balaban J connectivity index is 2.58. The van der Waals surface area contributed by atoms with Crippen LogP contribution < -0.4 is 4.74 Å². The molecule has 0 spiro atoms. The van der Waals surface area contributed by atoms with Crippen molar-refractivity contribution >= 4 is 22.2 Å². The molecule has 0 heterocycles. The van der Waals surface area contributed by atoms with Crippen molar-refractivity contribution in [2.45, 2.75) is 12.8 Å². The zero-order valence-electron chi connectivity index (χ0n) is 8.21. The Kier molecular flexibility index (Phi) is 5.32. The summed E-state index contributed by atoms with van der Waals surface area (Å²) in [5.41, 5.74) is 0.512. The smallest absolute Gasteiger partial charge is 0.153 e. The van der Waals surface area contributed by atoms with Gasteiger partial charge in [0, 0.05) is 4.47 Å². The number of benzene rings is 1. The molecular formula is C11H12BrFO2. The summed E-state index contributed by atoms with van der Waals surface area (Å²) >= 11 is 3.29. The van der Waals surface area contributed by atoms with E-state index < -0.39 is 0 Å². The van der Waals surface area contributed by atoms with Crippen molar-refractivity contribution in [3.8, 4) is 5.75 Å². The number of ether oxygens (including phenoxy) is 1. The lowest BCUT2D eigenvalue weighted by molar-refractivity contribution is 0.111. The van der Waals surface area contributed by atoms with Crippen LogP contribution in [0.3, 0.4) is 0 Å². The number of rotatable bonds is 6. The third-order valence-electron chi connectivity index (χ3n) is 1.89. The van der Waals surface area contributed by atoms with E-state index in [-0.39, 0.29) is 6.67 Å². The van der Waals surface area contributed by atoms with Gasteiger partial charge in [0.1, 0.15) is 5.75 Å². The first-order chi connectivity index (χ1) is 7.27. The summed E-state index contributed by atoms with van der Waals surface area (Å²) < 4.78 is 18.0. The van der Waals surface area contributed by atoms with E-state index in [4.69, 9.17) is 4.74 Å². The Morgan fingerprint density at radius 3 is 2.87 bits per heavy atom. The van der Waals surface area contributed by atoms with Crippen molar-refractivity contribution in [2.24, 2.45) is 0 Å². The highest BCUT2D eigenvalue weighted by Gasteiger charge is 2.03. The van der Waals surface area contributed by atoms with Crippen LogP contribution in [0.15, 0.2) is 22.7 Å². The molecule has 82 valence electrons. The fraction of sp³-hybridized carbons (Fsp3) is 0.364. The lowest BCUT2D eigenvalue weighted by Gasteiger charge is -2.07. The molecule has 1 rings (SSSR count). The van der Waals surface area contributed by atoms with E-state index in [9.17, 15) is 9.18 Å². The second-order valence-corrected chi connectivity index (χ2v) is 3.96. The topological polar surface area (TPSA) is 26.3 Å². The number of hydrogen-bond donors (Lipinski definition) is 0. The van der Waals surface area contributed by atoms with Crippen molar-refractivity contribution in [3.05, 3.63) is 28.2 Å². The quantitative estimate of drug-likeness (QED) is 0.587. The number of halogens is 2. The summed E-state index contributed by atoms with van der Waals surface area (Å²) in [6.45, 7) is 0.101. The van der Waals surface area contributed by atoms with E-state index in [0.29, 0.717) is 30.8 Å². The lowest BCUT2D eigenvalue weighted by atomic mass is 10.2. The summed E-state index contributed by atoms with van der Waals surface area (Å²) in [4.78, 5) is 10.7. The zero-order valence-corrected chi connectivity index (χ0v) is 9.80. The minimum absolute atomic E-state index is 0.331. The number of carbonyl (C=O) groups excluding carboxylic acids is 1. The summed E-state index contributed by atoms with van der Waals surface area (Å²) in [7, 11) is 0. The standard InChI is InChI=1S/C11H12BrFO2/c12-10-4-3-9(8-14)11(7-10)15-6-2-1-5-13/h3-4,7-8H,1-2,5-6H2. The summed E-state index contributed by atoms with van der Waals surface area (Å²) in [5.74, 6) is 0.540. The largest absolute Gasteiger partial charge is 0.493 e. The fourth-order valence-electron chi connectivity index (χ4n) is 1.11. The highest BCUT2D eigenvalue weighted by atomic mass is 79.9. The predicted molar refractivity (Wildman–Crippen MR) is 60.2 cm³/mol. The molecule has 1 aromatic carbocycles. The van der Waals surface area contributed by atoms with Gasteiger partial charge in [-0.15, -0.1) is 0 Å². The van der Waals surface area contributed by atoms with Crippen LogP contribution in [0.2, 0.25) is 0 Å². The first kappa shape index (κ1) is 12.2. The highest BCUT2D eigenvalue weighted by Crippen LogP contribution is 2.22. The van der Waals surface area contributed by atoms with Crippen LogP contribution in [0, 0.1) is 0 Å². The molecule has 0 atom stereocenters. The highest BCUT2D eigenvalue weighted by molar-refractivity contribution is 9.10. The van der Waals surface area contributed by atoms with E-state index in [1.807, 2.05) is 0 Å². The third kappa shape index (κ3) is 4.00. The molecule has 0 N–H and O–H groups in total. The normalized spacial score (nSPS) is 10.0. The van der Waals surface area contributed by atoms with E-state index in [1.165, 1.54) is 0 Å². The number of aldehydes is 1. The Labute approximate surface area is 96.6 Å². The lowest BCUT2D eigenvalue weighted by Crippen LogP contribution is -2.00. The van der Waals surface area contributed by atoms with Gasteiger partial charge in [0.15, 0.2) is 6.29 Å². The van der Waals surface area contributed by atoms with E-state index >= 15 is 0 Å². The first-order valence-electron chi connectivity index (χ1n) is 4.71. The maximum atomic E-state index is 11.8. The SMILES string of the molecule is O=Cc1ccc(Br)cc1OCCCCF. The zero-order chi connectivity index (χ0) is 11.1. The molecule has 0 saturated heterocycles. The molecule has 0 saturated carbocycles. The molecule has 0 amide bonds. The molecule has 4 heteroatoms. The molecule has 0 unspecified atom stereocenters. The van der Waals surface area contributed by atoms with Gasteiger partial charge >= 0.3 is 0 Å². The van der Waals surface area contributed by atoms with Gasteiger partial charge in [-0.1, -0.05) is 15.9 Å². The minimum Gasteiger partial charge on any atom is -0.493 e. The van der Waals surface area contributed by atoms with Crippen molar-refractivity contribution < 1.29 is 13.9 Å². The maximum absolute atomic E-state index is 11.8. The molecule has 2 nitrogen and oxygen atoms in total. The third-order valence-corrected chi connectivity index (χ3v) is 2.38. The second-order valence-electron chi connectivity index (χ2n) is 3.04. The van der Waals surface area contributed by atoms with Crippen molar-refractivity contribution in [3.63, 3.8) is 0 Å². The van der Waals surface area contributed by atoms with Gasteiger partial charge in [-0.3, -0.25) is 9.18 Å². The summed E-state index contributed by atoms with van der Waals surface area (Å²) in [6.07, 6.45) is 1.89. The molecular weight excluding hydrogens is 263 g/mol. The summed E-state index contributed by atoms with van der Waals surface area (Å²) in [5, 5.41) is 0. The fourth-order valence-corrected chi connectivity index (χ4v) is 1.45. The molecule has 15 heavy (non-hydrogen) atoms. The molecule has 1 aromatic rings. The first-order valence-corrected chi connectivity index (χ1v) is 5.50. The molecule has 0 bridgehead atoms. The summed E-state index contributed by atoms with van der Waals surface area (Å²) in [6, 6.07) is 5.19. The average molecular weight is 275 g/mol. The molecule has 0 aliphatic carbocycles. The van der Waals surface area contributed by atoms with Crippen LogP contribution >= 0.6 is 15.9 Å². The van der Waals surface area contributed by atoms with E-state index in [2.05, 4.69) is 15.9 Å². The Morgan fingerprint density at radius 2 is 2.20 bits per heavy atom.